The van der Waals surface area contributed by atoms with E-state index in [0.29, 0.717) is 6.61 Å². The first-order valence-corrected chi connectivity index (χ1v) is 6.14. The molecule has 0 spiro atoms. The van der Waals surface area contributed by atoms with Gasteiger partial charge in [0.2, 0.25) is 0 Å². The Balaban J connectivity index is 1.70. The third-order valence-corrected chi connectivity index (χ3v) is 3.27. The molecule has 4 atom stereocenters. The van der Waals surface area contributed by atoms with Gasteiger partial charge in [-0.25, -0.2) is 0 Å². The van der Waals surface area contributed by atoms with Gasteiger partial charge in [-0.2, -0.15) is 0 Å². The van der Waals surface area contributed by atoms with Crippen LogP contribution in [0.4, 0.5) is 0 Å². The van der Waals surface area contributed by atoms with E-state index >= 15 is 0 Å². The number of hydrogen-bond donors (Lipinski definition) is 0. The van der Waals surface area contributed by atoms with E-state index in [9.17, 15) is 4.79 Å². The van der Waals surface area contributed by atoms with Crippen LogP contribution < -0.4 is 0 Å². The van der Waals surface area contributed by atoms with Crippen molar-refractivity contribution in [2.24, 2.45) is 0 Å². The molecule has 18 heavy (non-hydrogen) atoms. The zero-order chi connectivity index (χ0) is 13.1. The van der Waals surface area contributed by atoms with E-state index in [0.717, 1.165) is 0 Å². The van der Waals surface area contributed by atoms with Crippen LogP contribution in [0.15, 0.2) is 0 Å². The zero-order valence-corrected chi connectivity index (χ0v) is 11.0. The van der Waals surface area contributed by atoms with Crippen LogP contribution in [-0.2, 0) is 28.5 Å². The summed E-state index contributed by atoms with van der Waals surface area (Å²) in [5, 5.41) is 0. The number of ketones is 1. The van der Waals surface area contributed by atoms with E-state index in [1.165, 1.54) is 0 Å². The highest BCUT2D eigenvalue weighted by molar-refractivity contribution is 5.90. The average molecular weight is 258 g/mol. The van der Waals surface area contributed by atoms with Gasteiger partial charge in [0.15, 0.2) is 35.9 Å². The minimum absolute atomic E-state index is 0.128. The molecule has 0 aromatic heterocycles. The summed E-state index contributed by atoms with van der Waals surface area (Å²) in [4.78, 5) is 12.2. The molecule has 0 bridgehead atoms. The fraction of sp³-hybridized carbons (Fsp3) is 0.917. The molecule has 3 aliphatic heterocycles. The van der Waals surface area contributed by atoms with Gasteiger partial charge in [0.25, 0.3) is 0 Å². The molecule has 0 N–H and O–H groups in total. The summed E-state index contributed by atoms with van der Waals surface area (Å²) in [5.41, 5.74) is 0. The molecule has 0 aromatic carbocycles. The van der Waals surface area contributed by atoms with E-state index in [1.54, 1.807) is 13.8 Å². The predicted octanol–water partition coefficient (Wildman–Crippen LogP) is 0.583. The van der Waals surface area contributed by atoms with Crippen LogP contribution in [0.2, 0.25) is 0 Å². The second-order valence-corrected chi connectivity index (χ2v) is 5.75. The van der Waals surface area contributed by atoms with E-state index in [1.807, 2.05) is 13.8 Å². The lowest BCUT2D eigenvalue weighted by Crippen LogP contribution is -2.39. The summed E-state index contributed by atoms with van der Waals surface area (Å²) in [5.74, 6) is -1.58. The summed E-state index contributed by atoms with van der Waals surface area (Å²) < 4.78 is 27.7. The molecular weight excluding hydrogens is 240 g/mol. The Bertz CT molecular complexity index is 377. The molecule has 3 rings (SSSR count). The minimum Gasteiger partial charge on any atom is -0.348 e. The Morgan fingerprint density at radius 1 is 1.00 bits per heavy atom. The largest absolute Gasteiger partial charge is 0.348 e. The SMILES string of the molecule is CC1(C)OC2C(=O)[C@@H]([C@@H]3COC(C)(C)O3)O[C@@H]2O1. The average Bonchev–Trinajstić information content (AvgIpc) is 2.81. The summed E-state index contributed by atoms with van der Waals surface area (Å²) in [6.45, 7) is 7.48. The molecule has 6 nitrogen and oxygen atoms in total. The molecular formula is C12H18O6. The highest BCUT2D eigenvalue weighted by Gasteiger charge is 2.57. The molecule has 0 aromatic rings. The number of rotatable bonds is 1. The molecule has 3 fully saturated rings. The van der Waals surface area contributed by atoms with Crippen LogP contribution in [0.5, 0.6) is 0 Å². The summed E-state index contributed by atoms with van der Waals surface area (Å²) >= 11 is 0. The third kappa shape index (κ3) is 1.98. The number of fused-ring (bicyclic) bond motifs is 1. The third-order valence-electron chi connectivity index (χ3n) is 3.27. The fourth-order valence-corrected chi connectivity index (χ4v) is 2.53. The van der Waals surface area contributed by atoms with Crippen molar-refractivity contribution in [3.8, 4) is 0 Å². The van der Waals surface area contributed by atoms with E-state index in [4.69, 9.17) is 23.7 Å². The Labute approximate surface area is 105 Å². The zero-order valence-electron chi connectivity index (χ0n) is 11.0. The second-order valence-electron chi connectivity index (χ2n) is 5.75. The molecule has 6 heteroatoms. The molecule has 3 heterocycles. The van der Waals surface area contributed by atoms with Crippen molar-refractivity contribution in [3.05, 3.63) is 0 Å². The molecule has 0 saturated carbocycles. The molecule has 0 aliphatic carbocycles. The number of carbonyl (C=O) groups is 1. The van der Waals surface area contributed by atoms with Gasteiger partial charge in [-0.1, -0.05) is 0 Å². The first-order valence-electron chi connectivity index (χ1n) is 6.14. The van der Waals surface area contributed by atoms with E-state index in [2.05, 4.69) is 0 Å². The number of Topliss-reactive ketones (excluding diaryl/α,β-unsaturated/α-hetero) is 1. The van der Waals surface area contributed by atoms with E-state index in [-0.39, 0.29) is 5.78 Å². The van der Waals surface area contributed by atoms with Gasteiger partial charge in [-0.3, -0.25) is 4.79 Å². The number of ether oxygens (including phenoxy) is 5. The lowest BCUT2D eigenvalue weighted by Gasteiger charge is -2.23. The Kier molecular flexibility index (Phi) is 2.60. The Morgan fingerprint density at radius 2 is 1.72 bits per heavy atom. The van der Waals surface area contributed by atoms with Crippen molar-refractivity contribution < 1.29 is 28.5 Å². The maximum absolute atomic E-state index is 12.2. The molecule has 3 saturated heterocycles. The van der Waals surface area contributed by atoms with Gasteiger partial charge < -0.3 is 23.7 Å². The Hall–Kier alpha value is -0.530. The van der Waals surface area contributed by atoms with Crippen molar-refractivity contribution in [1.82, 2.24) is 0 Å². The van der Waals surface area contributed by atoms with Gasteiger partial charge in [-0.15, -0.1) is 0 Å². The highest BCUT2D eigenvalue weighted by Crippen LogP contribution is 2.38. The van der Waals surface area contributed by atoms with Crippen molar-refractivity contribution in [2.45, 2.75) is 63.9 Å². The minimum atomic E-state index is -0.776. The fourth-order valence-electron chi connectivity index (χ4n) is 2.53. The maximum atomic E-state index is 12.2. The molecule has 0 radical (unpaired) electrons. The van der Waals surface area contributed by atoms with Crippen LogP contribution in [0.25, 0.3) is 0 Å². The van der Waals surface area contributed by atoms with Crippen molar-refractivity contribution in [3.63, 3.8) is 0 Å². The smallest absolute Gasteiger partial charge is 0.198 e. The lowest BCUT2D eigenvalue weighted by atomic mass is 10.1. The first-order chi connectivity index (χ1) is 8.27. The van der Waals surface area contributed by atoms with Crippen molar-refractivity contribution in [1.29, 1.82) is 0 Å². The van der Waals surface area contributed by atoms with Crippen LogP contribution >= 0.6 is 0 Å². The van der Waals surface area contributed by atoms with Gasteiger partial charge in [-0.05, 0) is 27.7 Å². The first kappa shape index (κ1) is 12.5. The van der Waals surface area contributed by atoms with Crippen LogP contribution in [-0.4, -0.2) is 48.6 Å². The van der Waals surface area contributed by atoms with Gasteiger partial charge in [0, 0.05) is 0 Å². The Morgan fingerprint density at radius 3 is 2.28 bits per heavy atom. The standard InChI is InChI=1S/C12H18O6/c1-11(2)14-5-6(16-11)8-7(13)9-10(15-8)18-12(3,4)17-9/h6,8-10H,5H2,1-4H3/t6-,8+,9?,10+/m0/s1. The highest BCUT2D eigenvalue weighted by atomic mass is 16.8. The van der Waals surface area contributed by atoms with Crippen LogP contribution in [0.3, 0.4) is 0 Å². The lowest BCUT2D eigenvalue weighted by molar-refractivity contribution is -0.219. The maximum Gasteiger partial charge on any atom is 0.198 e. The van der Waals surface area contributed by atoms with Crippen LogP contribution in [0.1, 0.15) is 27.7 Å². The topological polar surface area (TPSA) is 63.2 Å². The number of carbonyl (C=O) groups excluding carboxylic acids is 1. The summed E-state index contributed by atoms with van der Waals surface area (Å²) in [6, 6.07) is 0. The van der Waals surface area contributed by atoms with E-state index < -0.39 is 36.2 Å². The normalized spacial score (nSPS) is 45.4. The molecule has 102 valence electrons. The summed E-state index contributed by atoms with van der Waals surface area (Å²) in [7, 11) is 0. The monoisotopic (exact) mass is 258 g/mol. The molecule has 3 aliphatic rings. The second kappa shape index (κ2) is 3.74. The quantitative estimate of drug-likeness (QED) is 0.685. The van der Waals surface area contributed by atoms with Gasteiger partial charge in [0.1, 0.15) is 6.10 Å². The van der Waals surface area contributed by atoms with Crippen molar-refractivity contribution >= 4 is 5.78 Å². The summed E-state index contributed by atoms with van der Waals surface area (Å²) in [6.07, 6.45) is -2.35. The number of hydrogen-bond acceptors (Lipinski definition) is 6. The van der Waals surface area contributed by atoms with Gasteiger partial charge >= 0.3 is 0 Å². The predicted molar refractivity (Wildman–Crippen MR) is 58.6 cm³/mol. The van der Waals surface area contributed by atoms with Crippen molar-refractivity contribution in [2.75, 3.05) is 6.61 Å². The molecule has 0 amide bonds. The van der Waals surface area contributed by atoms with Gasteiger partial charge in [0.05, 0.1) is 6.61 Å². The molecule has 1 unspecified atom stereocenters. The van der Waals surface area contributed by atoms with Crippen LogP contribution in [0, 0.1) is 0 Å².